The Hall–Kier alpha value is -2.62. The van der Waals surface area contributed by atoms with Gasteiger partial charge in [-0.1, -0.05) is 83.9 Å². The molecule has 2 rings (SSSR count). The lowest BCUT2D eigenvalue weighted by Gasteiger charge is -2.16. The van der Waals surface area contributed by atoms with Crippen LogP contribution in [-0.4, -0.2) is 11.9 Å². The molecule has 0 aliphatic carbocycles. The van der Waals surface area contributed by atoms with Crippen molar-refractivity contribution in [3.63, 3.8) is 0 Å². The van der Waals surface area contributed by atoms with Crippen LogP contribution in [0.25, 0.3) is 0 Å². The average molecular weight is 427 g/mol. The lowest BCUT2D eigenvalue weighted by molar-refractivity contribution is -0.140. The number of carbonyl (C=O) groups is 2. The topological polar surface area (TPSA) is 52.6 Å². The summed E-state index contributed by atoms with van der Waals surface area (Å²) in [4.78, 5) is 23.5. The number of rotatable bonds is 10. The van der Waals surface area contributed by atoms with Gasteiger partial charge in [-0.15, -0.1) is 0 Å². The van der Waals surface area contributed by atoms with Crippen molar-refractivity contribution >= 4 is 11.9 Å². The Morgan fingerprint density at radius 2 is 1.16 bits per heavy atom. The highest BCUT2D eigenvalue weighted by Crippen LogP contribution is 2.20. The first-order valence-electron chi connectivity index (χ1n) is 11.4. The molecule has 4 nitrogen and oxygen atoms in total. The monoisotopic (exact) mass is 426 g/mol. The standard InChI is InChI=1S/C15H22O2.C12H16O2/c1-4-8-13(11-12(2)3)15(16)17-14-9-6-5-7-10-14;1-3-7-10(2)12(13)14-11-8-5-4-6-9-11/h5-7,9-10,12-13H,4,8,11H2,1-3H3;4-6,8-10H,3,7H2,1-2H3. The maximum Gasteiger partial charge on any atom is 0.314 e. The minimum absolute atomic E-state index is 0.0137. The molecule has 2 aromatic carbocycles. The predicted octanol–water partition coefficient (Wildman–Crippen LogP) is 7.08. The second-order valence-electron chi connectivity index (χ2n) is 8.27. The summed E-state index contributed by atoms with van der Waals surface area (Å²) in [5, 5.41) is 0. The largest absolute Gasteiger partial charge is 0.426 e. The zero-order valence-electron chi connectivity index (χ0n) is 19.7. The zero-order chi connectivity index (χ0) is 23.1. The van der Waals surface area contributed by atoms with Gasteiger partial charge in [-0.25, -0.2) is 0 Å². The van der Waals surface area contributed by atoms with Gasteiger partial charge >= 0.3 is 11.9 Å². The number of carbonyl (C=O) groups excluding carboxylic acids is 2. The third-order valence-corrected chi connectivity index (χ3v) is 4.77. The number of hydrogen-bond acceptors (Lipinski definition) is 4. The average Bonchev–Trinajstić information content (AvgIpc) is 2.75. The number of hydrogen-bond donors (Lipinski definition) is 0. The lowest BCUT2D eigenvalue weighted by atomic mass is 9.93. The van der Waals surface area contributed by atoms with Crippen molar-refractivity contribution in [1.82, 2.24) is 0 Å². The smallest absolute Gasteiger partial charge is 0.314 e. The summed E-state index contributed by atoms with van der Waals surface area (Å²) in [5.74, 6) is 1.57. The maximum atomic E-state index is 12.0. The van der Waals surface area contributed by atoms with Gasteiger partial charge in [-0.05, 0) is 49.4 Å². The van der Waals surface area contributed by atoms with E-state index >= 15 is 0 Å². The van der Waals surface area contributed by atoms with E-state index in [4.69, 9.17) is 9.47 Å². The van der Waals surface area contributed by atoms with Crippen LogP contribution in [0.4, 0.5) is 0 Å². The van der Waals surface area contributed by atoms with Gasteiger partial charge < -0.3 is 9.47 Å². The van der Waals surface area contributed by atoms with Crippen molar-refractivity contribution in [2.24, 2.45) is 17.8 Å². The Morgan fingerprint density at radius 1 is 0.710 bits per heavy atom. The van der Waals surface area contributed by atoms with Gasteiger partial charge in [-0.3, -0.25) is 9.59 Å². The van der Waals surface area contributed by atoms with Crippen LogP contribution in [0.5, 0.6) is 11.5 Å². The Balaban J connectivity index is 0.000000316. The van der Waals surface area contributed by atoms with Crippen molar-refractivity contribution in [2.45, 2.75) is 66.7 Å². The third kappa shape index (κ3) is 11.4. The van der Waals surface area contributed by atoms with Gasteiger partial charge in [0, 0.05) is 0 Å². The van der Waals surface area contributed by atoms with Crippen LogP contribution in [0.15, 0.2) is 60.7 Å². The SMILES string of the molecule is CCCC(C)C(=O)Oc1ccccc1.CCCC(CC(C)C)C(=O)Oc1ccccc1. The van der Waals surface area contributed by atoms with Gasteiger partial charge in [-0.2, -0.15) is 0 Å². The van der Waals surface area contributed by atoms with Crippen molar-refractivity contribution in [1.29, 1.82) is 0 Å². The molecular formula is C27H38O4. The van der Waals surface area contributed by atoms with Crippen LogP contribution in [0, 0.1) is 17.8 Å². The fourth-order valence-corrected chi connectivity index (χ4v) is 3.19. The molecule has 0 saturated carbocycles. The molecular weight excluding hydrogens is 388 g/mol. The molecule has 0 N–H and O–H groups in total. The number of esters is 2. The minimum atomic E-state index is -0.141. The molecule has 0 bridgehead atoms. The van der Waals surface area contributed by atoms with Crippen molar-refractivity contribution < 1.29 is 19.1 Å². The number of benzene rings is 2. The van der Waals surface area contributed by atoms with Crippen molar-refractivity contribution in [3.05, 3.63) is 60.7 Å². The highest BCUT2D eigenvalue weighted by molar-refractivity contribution is 5.75. The molecule has 0 heterocycles. The Bertz CT molecular complexity index is 740. The fourth-order valence-electron chi connectivity index (χ4n) is 3.19. The molecule has 0 aromatic heterocycles. The molecule has 2 aromatic rings. The first kappa shape index (κ1) is 26.4. The van der Waals surface area contributed by atoms with Crippen molar-refractivity contribution in [3.8, 4) is 11.5 Å². The van der Waals surface area contributed by atoms with E-state index in [1.165, 1.54) is 0 Å². The van der Waals surface area contributed by atoms with E-state index in [9.17, 15) is 9.59 Å². The quantitative estimate of drug-likeness (QED) is 0.301. The van der Waals surface area contributed by atoms with Gasteiger partial charge in [0.25, 0.3) is 0 Å². The summed E-state index contributed by atoms with van der Waals surface area (Å²) in [7, 11) is 0. The van der Waals surface area contributed by atoms with E-state index in [-0.39, 0.29) is 23.8 Å². The van der Waals surface area contributed by atoms with Crippen molar-refractivity contribution in [2.75, 3.05) is 0 Å². The summed E-state index contributed by atoms with van der Waals surface area (Å²) in [6.45, 7) is 10.3. The van der Waals surface area contributed by atoms with Gasteiger partial charge in [0.1, 0.15) is 11.5 Å². The molecule has 2 atom stereocenters. The van der Waals surface area contributed by atoms with E-state index in [1.54, 1.807) is 12.1 Å². The molecule has 0 aliphatic rings. The van der Waals surface area contributed by atoms with Crippen LogP contribution in [-0.2, 0) is 9.59 Å². The summed E-state index contributed by atoms with van der Waals surface area (Å²) >= 11 is 0. The highest BCUT2D eigenvalue weighted by atomic mass is 16.5. The number of ether oxygens (including phenoxy) is 2. The summed E-state index contributed by atoms with van der Waals surface area (Å²) in [6.07, 6.45) is 4.71. The van der Waals surface area contributed by atoms with Crippen LogP contribution < -0.4 is 9.47 Å². The van der Waals surface area contributed by atoms with Crippen LogP contribution >= 0.6 is 0 Å². The zero-order valence-corrected chi connectivity index (χ0v) is 19.7. The molecule has 0 fully saturated rings. The Kier molecular flexibility index (Phi) is 13.0. The summed E-state index contributed by atoms with van der Waals surface area (Å²) in [6, 6.07) is 18.5. The normalized spacial score (nSPS) is 12.3. The fraction of sp³-hybridized carbons (Fsp3) is 0.481. The molecule has 4 heteroatoms. The van der Waals surface area contributed by atoms with Gasteiger partial charge in [0.05, 0.1) is 11.8 Å². The van der Waals surface area contributed by atoms with E-state index < -0.39 is 0 Å². The Labute approximate surface area is 188 Å². The molecule has 0 saturated heterocycles. The molecule has 0 radical (unpaired) electrons. The van der Waals surface area contributed by atoms with E-state index in [0.29, 0.717) is 17.4 Å². The molecule has 2 unspecified atom stereocenters. The highest BCUT2D eigenvalue weighted by Gasteiger charge is 2.20. The Morgan fingerprint density at radius 3 is 1.58 bits per heavy atom. The molecule has 0 spiro atoms. The van der Waals surface area contributed by atoms with Gasteiger partial charge in [0.2, 0.25) is 0 Å². The molecule has 170 valence electrons. The third-order valence-electron chi connectivity index (χ3n) is 4.77. The molecule has 31 heavy (non-hydrogen) atoms. The lowest BCUT2D eigenvalue weighted by Crippen LogP contribution is -2.22. The van der Waals surface area contributed by atoms with Crippen LogP contribution in [0.2, 0.25) is 0 Å². The van der Waals surface area contributed by atoms with E-state index in [2.05, 4.69) is 27.7 Å². The molecule has 0 amide bonds. The van der Waals surface area contributed by atoms with Gasteiger partial charge in [0.15, 0.2) is 0 Å². The molecule has 0 aliphatic heterocycles. The predicted molar refractivity (Wildman–Crippen MR) is 126 cm³/mol. The second kappa shape index (κ2) is 15.2. The first-order valence-corrected chi connectivity index (χ1v) is 11.4. The summed E-state index contributed by atoms with van der Waals surface area (Å²) < 4.78 is 10.6. The van der Waals surface area contributed by atoms with Crippen LogP contribution in [0.3, 0.4) is 0 Å². The van der Waals surface area contributed by atoms with Crippen LogP contribution in [0.1, 0.15) is 66.7 Å². The number of para-hydroxylation sites is 2. The minimum Gasteiger partial charge on any atom is -0.426 e. The van der Waals surface area contributed by atoms with E-state index in [1.807, 2.05) is 55.5 Å². The second-order valence-corrected chi connectivity index (χ2v) is 8.27. The van der Waals surface area contributed by atoms with E-state index in [0.717, 1.165) is 32.1 Å². The maximum absolute atomic E-state index is 12.0. The summed E-state index contributed by atoms with van der Waals surface area (Å²) in [5.41, 5.74) is 0. The first-order chi connectivity index (χ1) is 14.9.